The number of piperidine rings is 1. The van der Waals surface area contributed by atoms with Crippen molar-refractivity contribution in [1.29, 1.82) is 0 Å². The van der Waals surface area contributed by atoms with Crippen molar-refractivity contribution in [3.05, 3.63) is 42.2 Å². The van der Waals surface area contributed by atoms with Crippen molar-refractivity contribution < 1.29 is 9.90 Å². The molecule has 0 radical (unpaired) electrons. The van der Waals surface area contributed by atoms with Crippen LogP contribution in [0, 0.1) is 5.92 Å². The SMILES string of the molecule is CN(N)/C=C(\N)c1ccc2cnc(NC(=O)C3CCN(CC(C)(C)O)CC3)cc2c1. The number of nitrogens with zero attached hydrogens (tertiary/aromatic N) is 3. The highest BCUT2D eigenvalue weighted by molar-refractivity contribution is 5.94. The molecule has 8 nitrogen and oxygen atoms in total. The molecule has 1 fully saturated rings. The summed E-state index contributed by atoms with van der Waals surface area (Å²) >= 11 is 0. The van der Waals surface area contributed by atoms with Crippen molar-refractivity contribution in [2.75, 3.05) is 32.0 Å². The highest BCUT2D eigenvalue weighted by Crippen LogP contribution is 2.23. The van der Waals surface area contributed by atoms with Crippen molar-refractivity contribution in [1.82, 2.24) is 14.9 Å². The number of benzene rings is 1. The number of nitrogens with one attached hydrogen (secondary N) is 1. The van der Waals surface area contributed by atoms with Gasteiger partial charge >= 0.3 is 0 Å². The molecule has 30 heavy (non-hydrogen) atoms. The van der Waals surface area contributed by atoms with E-state index in [4.69, 9.17) is 11.6 Å². The lowest BCUT2D eigenvalue weighted by Crippen LogP contribution is -2.44. The number of fused-ring (bicyclic) bond motifs is 1. The average molecular weight is 413 g/mol. The van der Waals surface area contributed by atoms with Gasteiger partial charge in [0.05, 0.1) is 11.3 Å². The van der Waals surface area contributed by atoms with E-state index >= 15 is 0 Å². The maximum absolute atomic E-state index is 12.7. The number of hydrogen-bond acceptors (Lipinski definition) is 7. The van der Waals surface area contributed by atoms with Crippen molar-refractivity contribution in [2.45, 2.75) is 32.3 Å². The Kier molecular flexibility index (Phi) is 6.60. The van der Waals surface area contributed by atoms with Crippen LogP contribution in [0.4, 0.5) is 5.82 Å². The monoisotopic (exact) mass is 412 g/mol. The molecule has 0 spiro atoms. The van der Waals surface area contributed by atoms with Crippen molar-refractivity contribution in [3.63, 3.8) is 0 Å². The number of carbonyl (C=O) groups is 1. The van der Waals surface area contributed by atoms with Gasteiger partial charge in [-0.3, -0.25) is 4.79 Å². The number of aliphatic hydroxyl groups is 1. The zero-order valence-electron chi connectivity index (χ0n) is 17.9. The highest BCUT2D eigenvalue weighted by atomic mass is 16.3. The molecule has 1 amide bonds. The molecule has 2 heterocycles. The number of nitrogens with two attached hydrogens (primary N) is 2. The normalized spacial score (nSPS) is 16.6. The van der Waals surface area contributed by atoms with Gasteiger partial charge in [0, 0.05) is 37.3 Å². The third kappa shape index (κ3) is 5.91. The summed E-state index contributed by atoms with van der Waals surface area (Å²) in [4.78, 5) is 19.3. The average Bonchev–Trinajstić information content (AvgIpc) is 2.66. The third-order valence-corrected chi connectivity index (χ3v) is 5.22. The topological polar surface area (TPSA) is 121 Å². The Morgan fingerprint density at radius 3 is 2.67 bits per heavy atom. The molecule has 6 N–H and O–H groups in total. The van der Waals surface area contributed by atoms with E-state index in [1.54, 1.807) is 33.3 Å². The smallest absolute Gasteiger partial charge is 0.228 e. The van der Waals surface area contributed by atoms with Gasteiger partial charge in [0.15, 0.2) is 0 Å². The Labute approximate surface area is 177 Å². The second-order valence-electron chi connectivity index (χ2n) is 8.73. The first-order valence-electron chi connectivity index (χ1n) is 10.2. The lowest BCUT2D eigenvalue weighted by Gasteiger charge is -2.34. The summed E-state index contributed by atoms with van der Waals surface area (Å²) in [5.41, 5.74) is 6.77. The molecular weight excluding hydrogens is 380 g/mol. The minimum atomic E-state index is -0.721. The van der Waals surface area contributed by atoms with Crippen LogP contribution in [0.3, 0.4) is 0 Å². The van der Waals surface area contributed by atoms with Crippen LogP contribution >= 0.6 is 0 Å². The number of anilines is 1. The third-order valence-electron chi connectivity index (χ3n) is 5.22. The Bertz CT molecular complexity index is 927. The Morgan fingerprint density at radius 2 is 2.03 bits per heavy atom. The van der Waals surface area contributed by atoms with Crippen LogP contribution in [0.5, 0.6) is 0 Å². The molecule has 162 valence electrons. The lowest BCUT2D eigenvalue weighted by atomic mass is 9.95. The van der Waals surface area contributed by atoms with Gasteiger partial charge in [-0.05, 0) is 62.9 Å². The first-order chi connectivity index (χ1) is 14.1. The molecule has 1 aromatic heterocycles. The van der Waals surface area contributed by atoms with Crippen LogP contribution in [0.2, 0.25) is 0 Å². The van der Waals surface area contributed by atoms with Crippen LogP contribution in [0.1, 0.15) is 32.3 Å². The summed E-state index contributed by atoms with van der Waals surface area (Å²) in [5.74, 6) is 6.11. The lowest BCUT2D eigenvalue weighted by molar-refractivity contribution is -0.121. The number of likely N-dealkylation sites (tertiary alicyclic amines) is 1. The van der Waals surface area contributed by atoms with E-state index in [0.29, 0.717) is 18.1 Å². The summed E-state index contributed by atoms with van der Waals surface area (Å²) in [6.45, 7) is 5.84. The van der Waals surface area contributed by atoms with E-state index in [0.717, 1.165) is 42.3 Å². The zero-order valence-corrected chi connectivity index (χ0v) is 17.9. The summed E-state index contributed by atoms with van der Waals surface area (Å²) in [6, 6.07) is 7.68. The summed E-state index contributed by atoms with van der Waals surface area (Å²) < 4.78 is 0. The van der Waals surface area contributed by atoms with Gasteiger partial charge in [-0.1, -0.05) is 12.1 Å². The van der Waals surface area contributed by atoms with Gasteiger partial charge in [-0.25, -0.2) is 10.8 Å². The first kappa shape index (κ1) is 22.0. The highest BCUT2D eigenvalue weighted by Gasteiger charge is 2.27. The summed E-state index contributed by atoms with van der Waals surface area (Å²) in [6.07, 6.45) is 4.94. The largest absolute Gasteiger partial charge is 0.397 e. The van der Waals surface area contributed by atoms with E-state index in [2.05, 4.69) is 15.2 Å². The summed E-state index contributed by atoms with van der Waals surface area (Å²) in [7, 11) is 1.71. The van der Waals surface area contributed by atoms with Crippen molar-refractivity contribution in [3.8, 4) is 0 Å². The van der Waals surface area contributed by atoms with Crippen LogP contribution in [0.25, 0.3) is 16.5 Å². The summed E-state index contributed by atoms with van der Waals surface area (Å²) in [5, 5.41) is 16.2. The molecule has 1 aliphatic heterocycles. The molecule has 1 aromatic carbocycles. The second kappa shape index (κ2) is 8.99. The minimum absolute atomic E-state index is 0.00919. The van der Waals surface area contributed by atoms with E-state index in [9.17, 15) is 9.90 Å². The zero-order chi connectivity index (χ0) is 21.9. The number of pyridine rings is 1. The predicted molar refractivity (Wildman–Crippen MR) is 120 cm³/mol. The van der Waals surface area contributed by atoms with Crippen LogP contribution in [0.15, 0.2) is 36.7 Å². The maximum atomic E-state index is 12.7. The number of aromatic nitrogens is 1. The molecule has 1 aliphatic rings. The number of rotatable bonds is 6. The van der Waals surface area contributed by atoms with Gasteiger partial charge in [-0.2, -0.15) is 0 Å². The fourth-order valence-corrected chi connectivity index (χ4v) is 3.81. The van der Waals surface area contributed by atoms with E-state index < -0.39 is 5.60 Å². The van der Waals surface area contributed by atoms with Gasteiger partial charge in [-0.15, -0.1) is 0 Å². The molecule has 2 aromatic rings. The van der Waals surface area contributed by atoms with Crippen molar-refractivity contribution in [2.24, 2.45) is 17.5 Å². The quantitative estimate of drug-likeness (QED) is 0.421. The molecule has 0 saturated carbocycles. The number of amides is 1. The number of hydrogen-bond donors (Lipinski definition) is 4. The molecule has 3 rings (SSSR count). The molecule has 0 aliphatic carbocycles. The number of hydrazine groups is 1. The molecule has 1 saturated heterocycles. The Morgan fingerprint density at radius 1 is 1.33 bits per heavy atom. The Hall–Kier alpha value is -2.68. The molecule has 8 heteroatoms. The van der Waals surface area contributed by atoms with Crippen LogP contribution in [-0.4, -0.2) is 58.2 Å². The molecule has 0 unspecified atom stereocenters. The van der Waals surface area contributed by atoms with E-state index in [1.165, 1.54) is 5.01 Å². The fraction of sp³-hybridized carbons (Fsp3) is 0.455. The van der Waals surface area contributed by atoms with E-state index in [-0.39, 0.29) is 11.8 Å². The maximum Gasteiger partial charge on any atom is 0.228 e. The molecule has 0 bridgehead atoms. The van der Waals surface area contributed by atoms with Gasteiger partial charge in [0.25, 0.3) is 0 Å². The molecular formula is C22H32N6O2. The van der Waals surface area contributed by atoms with Gasteiger partial charge < -0.3 is 26.1 Å². The van der Waals surface area contributed by atoms with Gasteiger partial charge in [0.2, 0.25) is 5.91 Å². The predicted octanol–water partition coefficient (Wildman–Crippen LogP) is 1.72. The number of β-amino-alcohol motifs (C(OH)–C–C–N with tert-alkyl or cyclic N) is 1. The van der Waals surface area contributed by atoms with Crippen LogP contribution < -0.4 is 16.9 Å². The van der Waals surface area contributed by atoms with E-state index in [1.807, 2.05) is 24.3 Å². The Balaban J connectivity index is 1.66. The standard InChI is InChI=1S/C22H32N6O2/c1-22(2,30)14-28-8-6-15(7-9-28)21(29)26-20-11-18-10-16(19(23)13-27(3)24)4-5-17(18)12-25-20/h4-5,10-13,15,30H,6-9,14,23-24H2,1-3H3,(H,25,26,29)/b19-13-. The molecule has 0 atom stereocenters. The second-order valence-corrected chi connectivity index (χ2v) is 8.73. The first-order valence-corrected chi connectivity index (χ1v) is 10.2. The van der Waals surface area contributed by atoms with Gasteiger partial charge in [0.1, 0.15) is 5.82 Å². The number of carbonyl (C=O) groups excluding carboxylic acids is 1. The minimum Gasteiger partial charge on any atom is -0.397 e. The fourth-order valence-electron chi connectivity index (χ4n) is 3.81. The van der Waals surface area contributed by atoms with Crippen LogP contribution in [-0.2, 0) is 4.79 Å². The van der Waals surface area contributed by atoms with Crippen molar-refractivity contribution >= 4 is 28.2 Å².